The van der Waals surface area contributed by atoms with Gasteiger partial charge in [0.15, 0.2) is 0 Å². The molecule has 0 bridgehead atoms. The Bertz CT molecular complexity index is 358. The summed E-state index contributed by atoms with van der Waals surface area (Å²) in [6.07, 6.45) is 12.5. The van der Waals surface area contributed by atoms with Crippen LogP contribution in [0, 0.1) is 0 Å². The molecule has 1 saturated carbocycles. The van der Waals surface area contributed by atoms with Crippen LogP contribution in [-0.4, -0.2) is 27.8 Å². The maximum atomic E-state index is 4.44. The van der Waals surface area contributed by atoms with Gasteiger partial charge in [0.1, 0.15) is 0 Å². The van der Waals surface area contributed by atoms with Crippen molar-refractivity contribution in [3.8, 4) is 0 Å². The Morgan fingerprint density at radius 2 is 2.21 bits per heavy atom. The molecular weight excluding hydrogens is 254 g/mol. The lowest BCUT2D eigenvalue weighted by Gasteiger charge is -2.23. The highest BCUT2D eigenvalue weighted by atomic mass is 32.2. The first kappa shape index (κ1) is 14.9. The van der Waals surface area contributed by atoms with Crippen LogP contribution in [0.2, 0.25) is 0 Å². The van der Waals surface area contributed by atoms with Crippen molar-refractivity contribution >= 4 is 11.8 Å². The zero-order valence-electron chi connectivity index (χ0n) is 12.3. The van der Waals surface area contributed by atoms with Gasteiger partial charge in [0.25, 0.3) is 0 Å². The van der Waals surface area contributed by atoms with Crippen LogP contribution in [-0.2, 0) is 6.54 Å². The van der Waals surface area contributed by atoms with E-state index in [1.54, 1.807) is 0 Å². The highest BCUT2D eigenvalue weighted by molar-refractivity contribution is 7.99. The molecule has 19 heavy (non-hydrogen) atoms. The molecule has 0 spiro atoms. The van der Waals surface area contributed by atoms with Crippen molar-refractivity contribution in [2.45, 2.75) is 63.3 Å². The predicted octanol–water partition coefficient (Wildman–Crippen LogP) is 3.62. The molecule has 1 aliphatic carbocycles. The van der Waals surface area contributed by atoms with Gasteiger partial charge in [-0.2, -0.15) is 16.9 Å². The third-order valence-electron chi connectivity index (χ3n) is 3.91. The van der Waals surface area contributed by atoms with E-state index in [1.165, 1.54) is 43.4 Å². The lowest BCUT2D eigenvalue weighted by Crippen LogP contribution is -2.20. The standard InChI is InChI=1S/C15H27N3S/c1-3-9-18-11-13(10-17-18)15(16-2)12-19-14-7-5-4-6-8-14/h10-11,14-16H,3-9,12H2,1-2H3. The Morgan fingerprint density at radius 3 is 2.89 bits per heavy atom. The van der Waals surface area contributed by atoms with Crippen LogP contribution in [0.4, 0.5) is 0 Å². The molecule has 0 aromatic carbocycles. The highest BCUT2D eigenvalue weighted by Crippen LogP contribution is 2.30. The van der Waals surface area contributed by atoms with Gasteiger partial charge in [-0.3, -0.25) is 4.68 Å². The van der Waals surface area contributed by atoms with Crippen molar-refractivity contribution in [1.82, 2.24) is 15.1 Å². The molecule has 0 radical (unpaired) electrons. The lowest BCUT2D eigenvalue weighted by atomic mass is 10.0. The normalized spacial score (nSPS) is 18.6. The summed E-state index contributed by atoms with van der Waals surface area (Å²) < 4.78 is 2.06. The van der Waals surface area contributed by atoms with Gasteiger partial charge < -0.3 is 5.32 Å². The summed E-state index contributed by atoms with van der Waals surface area (Å²) in [5, 5.41) is 8.76. The minimum absolute atomic E-state index is 0.442. The lowest BCUT2D eigenvalue weighted by molar-refractivity contribution is 0.514. The molecule has 1 atom stereocenters. The number of aryl methyl sites for hydroxylation is 1. The van der Waals surface area contributed by atoms with Gasteiger partial charge in [0.2, 0.25) is 0 Å². The van der Waals surface area contributed by atoms with E-state index >= 15 is 0 Å². The van der Waals surface area contributed by atoms with E-state index in [4.69, 9.17) is 0 Å². The van der Waals surface area contributed by atoms with Crippen molar-refractivity contribution in [2.24, 2.45) is 0 Å². The number of rotatable bonds is 7. The molecule has 1 aromatic rings. The highest BCUT2D eigenvalue weighted by Gasteiger charge is 2.17. The summed E-state index contributed by atoms with van der Waals surface area (Å²) in [7, 11) is 2.06. The molecule has 0 aliphatic heterocycles. The van der Waals surface area contributed by atoms with Crippen LogP contribution in [0.3, 0.4) is 0 Å². The number of hydrogen-bond acceptors (Lipinski definition) is 3. The average molecular weight is 281 g/mol. The molecular formula is C15H27N3S. The molecule has 1 aromatic heterocycles. The van der Waals surface area contributed by atoms with E-state index in [1.807, 2.05) is 6.20 Å². The smallest absolute Gasteiger partial charge is 0.0537 e. The molecule has 4 heteroatoms. The SMILES string of the molecule is CCCn1cc(C(CSC2CCCCC2)NC)cn1. The van der Waals surface area contributed by atoms with Crippen LogP contribution >= 0.6 is 11.8 Å². The first-order valence-corrected chi connectivity index (χ1v) is 8.69. The van der Waals surface area contributed by atoms with Crippen LogP contribution in [0.15, 0.2) is 12.4 Å². The van der Waals surface area contributed by atoms with Gasteiger partial charge in [-0.15, -0.1) is 0 Å². The van der Waals surface area contributed by atoms with Crippen molar-refractivity contribution in [3.63, 3.8) is 0 Å². The van der Waals surface area contributed by atoms with Gasteiger partial charge in [0, 0.05) is 35.3 Å². The van der Waals surface area contributed by atoms with E-state index in [0.717, 1.165) is 18.2 Å². The fourth-order valence-electron chi connectivity index (χ4n) is 2.72. The van der Waals surface area contributed by atoms with Crippen molar-refractivity contribution in [2.75, 3.05) is 12.8 Å². The van der Waals surface area contributed by atoms with Crippen LogP contribution in [0.5, 0.6) is 0 Å². The molecule has 108 valence electrons. The summed E-state index contributed by atoms with van der Waals surface area (Å²) in [5.74, 6) is 1.17. The quantitative estimate of drug-likeness (QED) is 0.828. The number of nitrogens with one attached hydrogen (secondary N) is 1. The Balaban J connectivity index is 1.84. The van der Waals surface area contributed by atoms with Gasteiger partial charge in [-0.25, -0.2) is 0 Å². The van der Waals surface area contributed by atoms with Gasteiger partial charge in [-0.05, 0) is 26.3 Å². The van der Waals surface area contributed by atoms with Gasteiger partial charge in [-0.1, -0.05) is 26.2 Å². The first-order valence-electron chi connectivity index (χ1n) is 7.64. The molecule has 1 N–H and O–H groups in total. The Kier molecular flexibility index (Phi) is 6.24. The summed E-state index contributed by atoms with van der Waals surface area (Å²) >= 11 is 2.15. The maximum absolute atomic E-state index is 4.44. The molecule has 3 nitrogen and oxygen atoms in total. The molecule has 0 amide bonds. The zero-order valence-corrected chi connectivity index (χ0v) is 13.1. The monoisotopic (exact) mass is 281 g/mol. The number of hydrogen-bond donors (Lipinski definition) is 1. The van der Waals surface area contributed by atoms with E-state index in [2.05, 4.69) is 47.0 Å². The van der Waals surface area contributed by atoms with Crippen molar-refractivity contribution in [1.29, 1.82) is 0 Å². The summed E-state index contributed by atoms with van der Waals surface area (Å²) in [6.45, 7) is 3.21. The van der Waals surface area contributed by atoms with E-state index < -0.39 is 0 Å². The second-order valence-corrected chi connectivity index (χ2v) is 6.80. The predicted molar refractivity (Wildman–Crippen MR) is 83.6 cm³/mol. The minimum Gasteiger partial charge on any atom is -0.312 e. The third-order valence-corrected chi connectivity index (χ3v) is 5.38. The molecule has 2 rings (SSSR count). The van der Waals surface area contributed by atoms with Gasteiger partial charge in [0.05, 0.1) is 6.20 Å². The minimum atomic E-state index is 0.442. The molecule has 1 heterocycles. The van der Waals surface area contributed by atoms with Crippen molar-refractivity contribution < 1.29 is 0 Å². The molecule has 0 saturated heterocycles. The fraction of sp³-hybridized carbons (Fsp3) is 0.800. The number of thioether (sulfide) groups is 1. The maximum Gasteiger partial charge on any atom is 0.0537 e. The summed E-state index contributed by atoms with van der Waals surface area (Å²) in [5.41, 5.74) is 1.33. The van der Waals surface area contributed by atoms with E-state index in [9.17, 15) is 0 Å². The molecule has 1 aliphatic rings. The van der Waals surface area contributed by atoms with Crippen LogP contribution < -0.4 is 5.32 Å². The van der Waals surface area contributed by atoms with Crippen molar-refractivity contribution in [3.05, 3.63) is 18.0 Å². The Hall–Kier alpha value is -0.480. The Morgan fingerprint density at radius 1 is 1.42 bits per heavy atom. The summed E-state index contributed by atoms with van der Waals surface area (Å²) in [6, 6.07) is 0.442. The number of aromatic nitrogens is 2. The largest absolute Gasteiger partial charge is 0.312 e. The topological polar surface area (TPSA) is 29.9 Å². The second kappa shape index (κ2) is 7.95. The zero-order chi connectivity index (χ0) is 13.5. The van der Waals surface area contributed by atoms with Crippen LogP contribution in [0.1, 0.15) is 57.1 Å². The Labute approximate surface area is 121 Å². The average Bonchev–Trinajstić information content (AvgIpc) is 2.90. The fourth-order valence-corrected chi connectivity index (χ4v) is 4.21. The second-order valence-electron chi connectivity index (χ2n) is 5.47. The number of nitrogens with zero attached hydrogens (tertiary/aromatic N) is 2. The van der Waals surface area contributed by atoms with E-state index in [0.29, 0.717) is 6.04 Å². The van der Waals surface area contributed by atoms with E-state index in [-0.39, 0.29) is 0 Å². The summed E-state index contributed by atoms with van der Waals surface area (Å²) in [4.78, 5) is 0. The molecule has 1 fully saturated rings. The van der Waals surface area contributed by atoms with Crippen LogP contribution in [0.25, 0.3) is 0 Å². The first-order chi connectivity index (χ1) is 9.33. The van der Waals surface area contributed by atoms with Gasteiger partial charge >= 0.3 is 0 Å². The third kappa shape index (κ3) is 4.53. The molecule has 1 unspecified atom stereocenters.